The number of aryl methyl sites for hydroxylation is 1. The molecule has 3 nitrogen and oxygen atoms in total. The molecular weight excluding hydrogens is 178 g/mol. The third kappa shape index (κ3) is 2.83. The van der Waals surface area contributed by atoms with E-state index in [0.29, 0.717) is 12.8 Å². The molecule has 0 N–H and O–H groups in total. The van der Waals surface area contributed by atoms with Gasteiger partial charge < -0.3 is 0 Å². The molecule has 0 saturated carbocycles. The zero-order valence-corrected chi connectivity index (χ0v) is 8.56. The van der Waals surface area contributed by atoms with Crippen LogP contribution in [0.5, 0.6) is 0 Å². The van der Waals surface area contributed by atoms with Gasteiger partial charge >= 0.3 is 0 Å². The second-order valence-corrected chi connectivity index (χ2v) is 3.54. The summed E-state index contributed by atoms with van der Waals surface area (Å²) in [7, 11) is 0. The van der Waals surface area contributed by atoms with E-state index in [-0.39, 0.29) is 4.92 Å². The van der Waals surface area contributed by atoms with Gasteiger partial charge in [-0.2, -0.15) is 0 Å². The van der Waals surface area contributed by atoms with E-state index in [1.807, 2.05) is 38.1 Å². The lowest BCUT2D eigenvalue weighted by Gasteiger charge is -2.06. The van der Waals surface area contributed by atoms with E-state index in [9.17, 15) is 10.1 Å². The van der Waals surface area contributed by atoms with Gasteiger partial charge in [0.2, 0.25) is 6.04 Å². The highest BCUT2D eigenvalue weighted by molar-refractivity contribution is 5.21. The van der Waals surface area contributed by atoms with Crippen LogP contribution in [0.15, 0.2) is 24.3 Å². The van der Waals surface area contributed by atoms with Crippen molar-refractivity contribution in [3.8, 4) is 0 Å². The zero-order valence-electron chi connectivity index (χ0n) is 8.56. The molecule has 14 heavy (non-hydrogen) atoms. The van der Waals surface area contributed by atoms with Crippen LogP contribution in [0.4, 0.5) is 0 Å². The summed E-state index contributed by atoms with van der Waals surface area (Å²) >= 11 is 0. The van der Waals surface area contributed by atoms with Gasteiger partial charge in [0.25, 0.3) is 0 Å². The molecule has 1 unspecified atom stereocenters. The second kappa shape index (κ2) is 4.74. The minimum absolute atomic E-state index is 0.195. The van der Waals surface area contributed by atoms with Crippen LogP contribution in [0, 0.1) is 17.0 Å². The summed E-state index contributed by atoms with van der Waals surface area (Å²) in [6.45, 7) is 3.86. The summed E-state index contributed by atoms with van der Waals surface area (Å²) < 4.78 is 0. The Morgan fingerprint density at radius 3 is 2.36 bits per heavy atom. The third-order valence-corrected chi connectivity index (χ3v) is 2.36. The Balaban J connectivity index is 2.67. The van der Waals surface area contributed by atoms with E-state index in [0.717, 1.165) is 5.56 Å². The second-order valence-electron chi connectivity index (χ2n) is 3.54. The van der Waals surface area contributed by atoms with Gasteiger partial charge in [-0.15, -0.1) is 0 Å². The highest BCUT2D eigenvalue weighted by Gasteiger charge is 2.17. The van der Waals surface area contributed by atoms with E-state index < -0.39 is 6.04 Å². The lowest BCUT2D eigenvalue weighted by Crippen LogP contribution is -2.20. The number of nitro groups is 1. The van der Waals surface area contributed by atoms with Gasteiger partial charge in [0.05, 0.1) is 0 Å². The van der Waals surface area contributed by atoms with Gasteiger partial charge in [-0.1, -0.05) is 36.8 Å². The molecule has 0 fully saturated rings. The Bertz CT molecular complexity index is 306. The first kappa shape index (κ1) is 10.7. The van der Waals surface area contributed by atoms with Gasteiger partial charge in [-0.25, -0.2) is 0 Å². The molecule has 0 heterocycles. The van der Waals surface area contributed by atoms with Gasteiger partial charge in [-0.05, 0) is 12.5 Å². The zero-order chi connectivity index (χ0) is 10.6. The Kier molecular flexibility index (Phi) is 3.63. The molecular formula is C11H15NO2. The quantitative estimate of drug-likeness (QED) is 0.545. The molecule has 0 spiro atoms. The first-order valence-electron chi connectivity index (χ1n) is 4.82. The Morgan fingerprint density at radius 1 is 1.36 bits per heavy atom. The van der Waals surface area contributed by atoms with Crippen LogP contribution in [0.3, 0.4) is 0 Å². The molecule has 0 aliphatic heterocycles. The highest BCUT2D eigenvalue weighted by atomic mass is 16.6. The molecule has 0 aromatic heterocycles. The van der Waals surface area contributed by atoms with Crippen LogP contribution in [-0.4, -0.2) is 11.0 Å². The number of hydrogen-bond donors (Lipinski definition) is 0. The summed E-state index contributed by atoms with van der Waals surface area (Å²) in [6.07, 6.45) is 1.12. The van der Waals surface area contributed by atoms with Crippen molar-refractivity contribution in [2.75, 3.05) is 0 Å². The average Bonchev–Trinajstić information content (AvgIpc) is 2.16. The molecule has 76 valence electrons. The molecule has 3 heteroatoms. The maximum Gasteiger partial charge on any atom is 0.216 e. The van der Waals surface area contributed by atoms with Gasteiger partial charge in [-0.3, -0.25) is 10.1 Å². The minimum Gasteiger partial charge on any atom is -0.264 e. The van der Waals surface area contributed by atoms with Crippen LogP contribution >= 0.6 is 0 Å². The standard InChI is InChI=1S/C11H15NO2/c1-3-11(12(13)14)8-10-6-4-9(2)5-7-10/h4-7,11H,3,8H2,1-2H3. The van der Waals surface area contributed by atoms with Crippen molar-refractivity contribution in [1.29, 1.82) is 0 Å². The molecule has 1 aromatic rings. The molecule has 0 aliphatic carbocycles. The fraction of sp³-hybridized carbons (Fsp3) is 0.455. The highest BCUT2D eigenvalue weighted by Crippen LogP contribution is 2.09. The number of nitrogens with zero attached hydrogens (tertiary/aromatic N) is 1. The average molecular weight is 193 g/mol. The molecule has 0 bridgehead atoms. The van der Waals surface area contributed by atoms with Crippen molar-refractivity contribution in [2.24, 2.45) is 0 Å². The smallest absolute Gasteiger partial charge is 0.216 e. The molecule has 1 aromatic carbocycles. The van der Waals surface area contributed by atoms with E-state index in [1.54, 1.807) is 0 Å². The number of benzene rings is 1. The first-order chi connectivity index (χ1) is 6.63. The van der Waals surface area contributed by atoms with Crippen LogP contribution in [0.1, 0.15) is 24.5 Å². The summed E-state index contributed by atoms with van der Waals surface area (Å²) in [5.41, 5.74) is 2.22. The number of hydrogen-bond acceptors (Lipinski definition) is 2. The SMILES string of the molecule is CCC(Cc1ccc(C)cc1)[N+](=O)[O-]. The van der Waals surface area contributed by atoms with Crippen molar-refractivity contribution in [3.63, 3.8) is 0 Å². The van der Waals surface area contributed by atoms with Gasteiger partial charge in [0.15, 0.2) is 0 Å². The van der Waals surface area contributed by atoms with Crippen molar-refractivity contribution in [3.05, 3.63) is 45.5 Å². The van der Waals surface area contributed by atoms with E-state index in [4.69, 9.17) is 0 Å². The van der Waals surface area contributed by atoms with Gasteiger partial charge in [0.1, 0.15) is 0 Å². The molecule has 0 radical (unpaired) electrons. The molecule has 0 amide bonds. The van der Waals surface area contributed by atoms with Crippen LogP contribution in [0.25, 0.3) is 0 Å². The normalized spacial score (nSPS) is 12.4. The van der Waals surface area contributed by atoms with Crippen LogP contribution < -0.4 is 0 Å². The molecule has 0 saturated heterocycles. The first-order valence-corrected chi connectivity index (χ1v) is 4.82. The van der Waals surface area contributed by atoms with Gasteiger partial charge in [0, 0.05) is 17.8 Å². The van der Waals surface area contributed by atoms with E-state index >= 15 is 0 Å². The maximum atomic E-state index is 10.6. The van der Waals surface area contributed by atoms with Crippen molar-refractivity contribution in [2.45, 2.75) is 32.7 Å². The fourth-order valence-corrected chi connectivity index (χ4v) is 1.36. The lowest BCUT2D eigenvalue weighted by atomic mass is 10.0. The summed E-state index contributed by atoms with van der Waals surface area (Å²) in [5, 5.41) is 10.6. The summed E-state index contributed by atoms with van der Waals surface area (Å²) in [6, 6.07) is 7.45. The topological polar surface area (TPSA) is 43.1 Å². The van der Waals surface area contributed by atoms with Crippen molar-refractivity contribution < 1.29 is 4.92 Å². The van der Waals surface area contributed by atoms with E-state index in [2.05, 4.69) is 0 Å². The third-order valence-electron chi connectivity index (χ3n) is 2.36. The molecule has 0 aliphatic rings. The minimum atomic E-state index is -0.447. The largest absolute Gasteiger partial charge is 0.264 e. The Hall–Kier alpha value is -1.38. The lowest BCUT2D eigenvalue weighted by molar-refractivity contribution is -0.522. The number of rotatable bonds is 4. The predicted octanol–water partition coefficient (Wildman–Crippen LogP) is 2.59. The molecule has 1 rings (SSSR count). The van der Waals surface area contributed by atoms with Crippen LogP contribution in [0.2, 0.25) is 0 Å². The van der Waals surface area contributed by atoms with Crippen molar-refractivity contribution >= 4 is 0 Å². The van der Waals surface area contributed by atoms with Crippen LogP contribution in [-0.2, 0) is 6.42 Å². The monoisotopic (exact) mass is 193 g/mol. The Morgan fingerprint density at radius 2 is 1.93 bits per heavy atom. The summed E-state index contributed by atoms with van der Waals surface area (Å²) in [4.78, 5) is 10.4. The maximum absolute atomic E-state index is 10.6. The predicted molar refractivity (Wildman–Crippen MR) is 56.0 cm³/mol. The van der Waals surface area contributed by atoms with E-state index in [1.165, 1.54) is 5.56 Å². The molecule has 1 atom stereocenters. The fourth-order valence-electron chi connectivity index (χ4n) is 1.36. The summed E-state index contributed by atoms with van der Waals surface area (Å²) in [5.74, 6) is 0. The van der Waals surface area contributed by atoms with Crippen molar-refractivity contribution in [1.82, 2.24) is 0 Å². The Labute approximate surface area is 83.9 Å².